The molecule has 2 amide bonds. The number of carbonyl (C=O) groups is 2. The SMILES string of the molecule is CCCCNC(=O)[C@H](CC)N(CCc1ccccc1)C(=O)CN(c1cc(Cl)cc(Cl)c1)S(=O)(=O)c1ccc(C)cc1. The Hall–Kier alpha value is -3.07. The molecule has 0 aliphatic rings. The van der Waals surface area contributed by atoms with Gasteiger partial charge in [0.2, 0.25) is 11.8 Å². The molecule has 3 aromatic rings. The van der Waals surface area contributed by atoms with E-state index in [4.69, 9.17) is 23.2 Å². The van der Waals surface area contributed by atoms with Gasteiger partial charge in [0, 0.05) is 23.1 Å². The quantitative estimate of drug-likeness (QED) is 0.216. The highest BCUT2D eigenvalue weighted by molar-refractivity contribution is 7.92. The number of sulfonamides is 1. The van der Waals surface area contributed by atoms with Gasteiger partial charge in [0.15, 0.2) is 0 Å². The summed E-state index contributed by atoms with van der Waals surface area (Å²) in [5.41, 5.74) is 2.04. The highest BCUT2D eigenvalue weighted by Gasteiger charge is 2.33. The molecule has 7 nitrogen and oxygen atoms in total. The summed E-state index contributed by atoms with van der Waals surface area (Å²) in [6.45, 7) is 5.92. The van der Waals surface area contributed by atoms with Gasteiger partial charge in [-0.15, -0.1) is 0 Å². The Morgan fingerprint density at radius 2 is 1.56 bits per heavy atom. The Morgan fingerprint density at radius 3 is 2.15 bits per heavy atom. The average molecular weight is 619 g/mol. The van der Waals surface area contributed by atoms with Gasteiger partial charge >= 0.3 is 0 Å². The van der Waals surface area contributed by atoms with Crippen molar-refractivity contribution in [1.29, 1.82) is 0 Å². The maximum Gasteiger partial charge on any atom is 0.264 e. The topological polar surface area (TPSA) is 86.8 Å². The Kier molecular flexibility index (Phi) is 12.1. The molecule has 0 aliphatic heterocycles. The number of halogens is 2. The number of nitrogens with one attached hydrogen (secondary N) is 1. The van der Waals surface area contributed by atoms with E-state index in [1.54, 1.807) is 12.1 Å². The summed E-state index contributed by atoms with van der Waals surface area (Å²) in [6, 6.07) is 19.6. The van der Waals surface area contributed by atoms with Gasteiger partial charge in [0.05, 0.1) is 10.6 Å². The summed E-state index contributed by atoms with van der Waals surface area (Å²) in [4.78, 5) is 28.8. The van der Waals surface area contributed by atoms with Crippen LogP contribution < -0.4 is 9.62 Å². The third-order valence-electron chi connectivity index (χ3n) is 6.72. The summed E-state index contributed by atoms with van der Waals surface area (Å²) >= 11 is 12.5. The summed E-state index contributed by atoms with van der Waals surface area (Å²) < 4.78 is 28.9. The van der Waals surface area contributed by atoms with Gasteiger partial charge < -0.3 is 10.2 Å². The molecule has 0 unspecified atom stereocenters. The van der Waals surface area contributed by atoms with Crippen LogP contribution >= 0.6 is 23.2 Å². The third kappa shape index (κ3) is 8.96. The first kappa shape index (κ1) is 32.4. The number of anilines is 1. The lowest BCUT2D eigenvalue weighted by atomic mass is 10.1. The van der Waals surface area contributed by atoms with E-state index in [1.165, 1.54) is 35.2 Å². The molecule has 0 aromatic heterocycles. The molecule has 0 saturated carbocycles. The molecule has 0 fully saturated rings. The lowest BCUT2D eigenvalue weighted by Gasteiger charge is -2.33. The predicted molar refractivity (Wildman–Crippen MR) is 166 cm³/mol. The molecule has 0 aliphatic carbocycles. The van der Waals surface area contributed by atoms with Crippen molar-refractivity contribution < 1.29 is 18.0 Å². The Balaban J connectivity index is 2.01. The second kappa shape index (κ2) is 15.2. The number of rotatable bonds is 14. The fraction of sp³-hybridized carbons (Fsp3) is 0.355. The van der Waals surface area contributed by atoms with E-state index in [0.717, 1.165) is 28.3 Å². The first-order chi connectivity index (χ1) is 19.6. The number of nitrogens with zero attached hydrogens (tertiary/aromatic N) is 2. The minimum Gasteiger partial charge on any atom is -0.354 e. The van der Waals surface area contributed by atoms with Crippen LogP contribution in [-0.4, -0.2) is 50.8 Å². The molecule has 0 heterocycles. The van der Waals surface area contributed by atoms with E-state index >= 15 is 0 Å². The molecule has 0 spiro atoms. The van der Waals surface area contributed by atoms with Gasteiger partial charge in [0.1, 0.15) is 12.6 Å². The average Bonchev–Trinajstić information content (AvgIpc) is 2.94. The molecular weight excluding hydrogens is 581 g/mol. The van der Waals surface area contributed by atoms with E-state index in [-0.39, 0.29) is 33.1 Å². The van der Waals surface area contributed by atoms with Crippen LogP contribution in [0.2, 0.25) is 10.0 Å². The van der Waals surface area contributed by atoms with Crippen LogP contribution in [0, 0.1) is 6.92 Å². The van der Waals surface area contributed by atoms with E-state index in [0.29, 0.717) is 19.4 Å². The fourth-order valence-electron chi connectivity index (χ4n) is 4.45. The first-order valence-corrected chi connectivity index (χ1v) is 15.9. The lowest BCUT2D eigenvalue weighted by molar-refractivity contribution is -0.139. The van der Waals surface area contributed by atoms with Crippen LogP contribution in [0.25, 0.3) is 0 Å². The molecule has 10 heteroatoms. The van der Waals surface area contributed by atoms with Crippen molar-refractivity contribution in [3.8, 4) is 0 Å². The molecule has 41 heavy (non-hydrogen) atoms. The maximum absolute atomic E-state index is 14.1. The van der Waals surface area contributed by atoms with E-state index in [1.807, 2.05) is 51.1 Å². The molecule has 0 saturated heterocycles. The zero-order valence-corrected chi connectivity index (χ0v) is 26.0. The number of aryl methyl sites for hydroxylation is 1. The van der Waals surface area contributed by atoms with Gasteiger partial charge in [-0.05, 0) is 62.1 Å². The number of amides is 2. The summed E-state index contributed by atoms with van der Waals surface area (Å²) in [6.07, 6.45) is 2.60. The lowest BCUT2D eigenvalue weighted by Crippen LogP contribution is -2.53. The van der Waals surface area contributed by atoms with Gasteiger partial charge in [-0.2, -0.15) is 0 Å². The monoisotopic (exact) mass is 617 g/mol. The number of unbranched alkanes of at least 4 members (excludes halogenated alkanes) is 1. The van der Waals surface area contributed by atoms with Gasteiger partial charge in [-0.25, -0.2) is 8.42 Å². The highest BCUT2D eigenvalue weighted by Crippen LogP contribution is 2.30. The maximum atomic E-state index is 14.1. The molecule has 0 bridgehead atoms. The number of hydrogen-bond acceptors (Lipinski definition) is 4. The largest absolute Gasteiger partial charge is 0.354 e. The van der Waals surface area contributed by atoms with Crippen molar-refractivity contribution >= 4 is 50.7 Å². The number of benzene rings is 3. The second-order valence-electron chi connectivity index (χ2n) is 9.84. The molecule has 1 atom stereocenters. The zero-order chi connectivity index (χ0) is 30.0. The zero-order valence-electron chi connectivity index (χ0n) is 23.6. The van der Waals surface area contributed by atoms with Crippen molar-refractivity contribution in [1.82, 2.24) is 10.2 Å². The van der Waals surface area contributed by atoms with Gasteiger partial charge in [0.25, 0.3) is 10.0 Å². The summed E-state index contributed by atoms with van der Waals surface area (Å²) in [5.74, 6) is -0.772. The third-order valence-corrected chi connectivity index (χ3v) is 8.95. The van der Waals surface area contributed by atoms with Crippen LogP contribution in [-0.2, 0) is 26.0 Å². The minimum absolute atomic E-state index is 0.0205. The smallest absolute Gasteiger partial charge is 0.264 e. The van der Waals surface area contributed by atoms with Gasteiger partial charge in [-0.1, -0.05) is 91.5 Å². The molecule has 220 valence electrons. The normalized spacial score (nSPS) is 12.0. The van der Waals surface area contributed by atoms with Crippen LogP contribution in [0.5, 0.6) is 0 Å². The molecule has 1 N–H and O–H groups in total. The fourth-order valence-corrected chi connectivity index (χ4v) is 6.36. The molecule has 3 rings (SSSR count). The van der Waals surface area contributed by atoms with Crippen molar-refractivity contribution in [2.75, 3.05) is 23.9 Å². The van der Waals surface area contributed by atoms with Crippen LogP contribution in [0.1, 0.15) is 44.2 Å². The van der Waals surface area contributed by atoms with Crippen LogP contribution in [0.15, 0.2) is 77.7 Å². The van der Waals surface area contributed by atoms with Crippen LogP contribution in [0.4, 0.5) is 5.69 Å². The van der Waals surface area contributed by atoms with Crippen molar-refractivity contribution in [3.63, 3.8) is 0 Å². The Morgan fingerprint density at radius 1 is 0.927 bits per heavy atom. The van der Waals surface area contributed by atoms with Crippen molar-refractivity contribution in [3.05, 3.63) is 94.0 Å². The summed E-state index contributed by atoms with van der Waals surface area (Å²) in [5, 5.41) is 3.39. The Bertz CT molecular complexity index is 1400. The van der Waals surface area contributed by atoms with Gasteiger partial charge in [-0.3, -0.25) is 13.9 Å². The number of carbonyl (C=O) groups excluding carboxylic acids is 2. The van der Waals surface area contributed by atoms with E-state index < -0.39 is 28.5 Å². The highest BCUT2D eigenvalue weighted by atomic mass is 35.5. The predicted octanol–water partition coefficient (Wildman–Crippen LogP) is 6.26. The first-order valence-electron chi connectivity index (χ1n) is 13.7. The summed E-state index contributed by atoms with van der Waals surface area (Å²) in [7, 11) is -4.20. The van der Waals surface area contributed by atoms with Crippen molar-refractivity contribution in [2.24, 2.45) is 0 Å². The van der Waals surface area contributed by atoms with E-state index in [2.05, 4.69) is 5.32 Å². The number of hydrogen-bond donors (Lipinski definition) is 1. The molecule has 0 radical (unpaired) electrons. The van der Waals surface area contributed by atoms with Crippen molar-refractivity contribution in [2.45, 2.75) is 57.4 Å². The molecule has 3 aromatic carbocycles. The molecular formula is C31H37Cl2N3O4S. The van der Waals surface area contributed by atoms with E-state index in [9.17, 15) is 18.0 Å². The standard InChI is InChI=1S/C31H37Cl2N3O4S/c1-4-6-17-34-31(38)29(5-2)35(18-16-24-10-8-7-9-11-24)30(37)22-36(27-20-25(32)19-26(33)21-27)41(39,40)28-14-12-23(3)13-15-28/h7-15,19-21,29H,4-6,16-18,22H2,1-3H3,(H,34,38)/t29-/m0/s1. The minimum atomic E-state index is -4.20. The Labute approximate surface area is 253 Å². The second-order valence-corrected chi connectivity index (χ2v) is 12.6. The van der Waals surface area contributed by atoms with Crippen LogP contribution in [0.3, 0.4) is 0 Å².